The molecule has 1 aliphatic heterocycles. The van der Waals surface area contributed by atoms with E-state index in [2.05, 4.69) is 10.6 Å². The second kappa shape index (κ2) is 9.40. The molecule has 1 fully saturated rings. The maximum atomic E-state index is 13.4. The van der Waals surface area contributed by atoms with Gasteiger partial charge in [0.15, 0.2) is 0 Å². The minimum Gasteiger partial charge on any atom is -0.367 e. The Morgan fingerprint density at radius 2 is 1.82 bits per heavy atom. The molecule has 0 saturated carbocycles. The third kappa shape index (κ3) is 5.19. The van der Waals surface area contributed by atoms with Gasteiger partial charge >= 0.3 is 12.2 Å². The monoisotopic (exact) mass is 459 g/mol. The van der Waals surface area contributed by atoms with Crippen LogP contribution in [0.4, 0.5) is 29.3 Å². The Kier molecular flexibility index (Phi) is 6.81. The average molecular weight is 459 g/mol. The van der Waals surface area contributed by atoms with Crippen LogP contribution >= 0.6 is 0 Å². The molecule has 1 unspecified atom stereocenters. The number of hydrogen-bond acceptors (Lipinski definition) is 4. The molecule has 0 radical (unpaired) electrons. The van der Waals surface area contributed by atoms with Gasteiger partial charge in [-0.15, -0.1) is 0 Å². The summed E-state index contributed by atoms with van der Waals surface area (Å²) >= 11 is 0. The molecule has 0 aliphatic carbocycles. The Bertz CT molecular complexity index is 1110. The van der Waals surface area contributed by atoms with Crippen LogP contribution in [0.1, 0.15) is 22.3 Å². The van der Waals surface area contributed by atoms with Gasteiger partial charge in [0.2, 0.25) is 5.91 Å². The SMILES string of the molecule is CNC(=O)C1CN(c2ccc(C#N)c(C(F)(F)F)c2)CCN1C(=O)Nc1ccc(C)c(C)c1. The fraction of sp³-hybridized carbons (Fsp3) is 0.348. The summed E-state index contributed by atoms with van der Waals surface area (Å²) < 4.78 is 40.1. The number of alkyl halides is 3. The highest BCUT2D eigenvalue weighted by atomic mass is 19.4. The van der Waals surface area contributed by atoms with Gasteiger partial charge in [0.1, 0.15) is 6.04 Å². The molecule has 0 bridgehead atoms. The number of urea groups is 1. The van der Waals surface area contributed by atoms with Crippen LogP contribution in [0.25, 0.3) is 0 Å². The molecule has 10 heteroatoms. The molecule has 2 aromatic rings. The quantitative estimate of drug-likeness (QED) is 0.733. The van der Waals surface area contributed by atoms with Crippen molar-refractivity contribution < 1.29 is 22.8 Å². The van der Waals surface area contributed by atoms with Crippen molar-refractivity contribution in [1.82, 2.24) is 10.2 Å². The molecule has 2 N–H and O–H groups in total. The van der Waals surface area contributed by atoms with Crippen LogP contribution < -0.4 is 15.5 Å². The summed E-state index contributed by atoms with van der Waals surface area (Å²) in [5, 5.41) is 14.3. The molecule has 7 nitrogen and oxygen atoms in total. The van der Waals surface area contributed by atoms with E-state index in [4.69, 9.17) is 5.26 Å². The van der Waals surface area contributed by atoms with Gasteiger partial charge in [-0.2, -0.15) is 18.4 Å². The number of likely N-dealkylation sites (N-methyl/N-ethyl adjacent to an activating group) is 1. The number of nitrogens with zero attached hydrogens (tertiary/aromatic N) is 3. The third-order valence-corrected chi connectivity index (χ3v) is 5.74. The maximum absolute atomic E-state index is 13.4. The topological polar surface area (TPSA) is 88.5 Å². The maximum Gasteiger partial charge on any atom is 0.417 e. The Balaban J connectivity index is 1.84. The summed E-state index contributed by atoms with van der Waals surface area (Å²) in [6.45, 7) is 4.22. The fourth-order valence-electron chi connectivity index (χ4n) is 3.73. The van der Waals surface area contributed by atoms with E-state index in [-0.39, 0.29) is 25.3 Å². The van der Waals surface area contributed by atoms with E-state index in [1.54, 1.807) is 17.0 Å². The predicted octanol–water partition coefficient (Wildman–Crippen LogP) is 3.66. The zero-order valence-electron chi connectivity index (χ0n) is 18.5. The number of piperazine rings is 1. The molecular formula is C23H24F3N5O2. The van der Waals surface area contributed by atoms with E-state index >= 15 is 0 Å². The summed E-state index contributed by atoms with van der Waals surface area (Å²) in [6.07, 6.45) is -4.69. The minimum absolute atomic E-state index is 0.00319. The number of carbonyl (C=O) groups is 2. The predicted molar refractivity (Wildman–Crippen MR) is 118 cm³/mol. The molecule has 1 aliphatic rings. The Morgan fingerprint density at radius 1 is 1.09 bits per heavy atom. The summed E-state index contributed by atoms with van der Waals surface area (Å²) in [5.74, 6) is -0.431. The largest absolute Gasteiger partial charge is 0.417 e. The number of halogens is 3. The number of anilines is 2. The van der Waals surface area contributed by atoms with E-state index in [0.29, 0.717) is 5.69 Å². The van der Waals surface area contributed by atoms with E-state index in [1.165, 1.54) is 18.0 Å². The van der Waals surface area contributed by atoms with Crippen molar-refractivity contribution in [1.29, 1.82) is 5.26 Å². The van der Waals surface area contributed by atoms with Gasteiger partial charge in [-0.1, -0.05) is 6.07 Å². The lowest BCUT2D eigenvalue weighted by Crippen LogP contribution is -2.61. The zero-order chi connectivity index (χ0) is 24.3. The standard InChI is InChI=1S/C23H24F3N5O2/c1-14-4-6-17(10-15(14)2)29-22(33)31-9-8-30(13-20(31)21(32)28-3)18-7-5-16(12-27)19(11-18)23(24,25)26/h4-7,10-11,20H,8-9,13H2,1-3H3,(H,28,32)(H,29,33). The van der Waals surface area contributed by atoms with E-state index < -0.39 is 35.3 Å². The molecule has 1 saturated heterocycles. The van der Waals surface area contributed by atoms with Gasteiger partial charge in [-0.3, -0.25) is 4.79 Å². The van der Waals surface area contributed by atoms with Gasteiger partial charge in [0.25, 0.3) is 0 Å². The van der Waals surface area contributed by atoms with Crippen molar-refractivity contribution >= 4 is 23.3 Å². The molecule has 1 atom stereocenters. The van der Waals surface area contributed by atoms with Gasteiger partial charge in [-0.25, -0.2) is 4.79 Å². The summed E-state index contributed by atoms with van der Waals surface area (Å²) in [4.78, 5) is 28.5. The molecule has 3 amide bonds. The van der Waals surface area contributed by atoms with Crippen molar-refractivity contribution in [3.8, 4) is 6.07 Å². The van der Waals surface area contributed by atoms with Crippen LogP contribution in [-0.4, -0.2) is 49.6 Å². The Hall–Kier alpha value is -3.74. The first-order chi connectivity index (χ1) is 15.5. The summed E-state index contributed by atoms with van der Waals surface area (Å²) in [5.41, 5.74) is 1.38. The lowest BCUT2D eigenvalue weighted by Gasteiger charge is -2.41. The first-order valence-electron chi connectivity index (χ1n) is 10.3. The number of benzene rings is 2. The molecule has 174 valence electrons. The van der Waals surface area contributed by atoms with E-state index in [9.17, 15) is 22.8 Å². The van der Waals surface area contributed by atoms with Crippen molar-refractivity contribution in [2.45, 2.75) is 26.1 Å². The van der Waals surface area contributed by atoms with E-state index in [0.717, 1.165) is 23.3 Å². The minimum atomic E-state index is -4.69. The summed E-state index contributed by atoms with van der Waals surface area (Å²) in [6, 6.07) is 9.08. The molecule has 0 spiro atoms. The lowest BCUT2D eigenvalue weighted by molar-refractivity contribution is -0.137. The van der Waals surface area contributed by atoms with E-state index in [1.807, 2.05) is 26.0 Å². The van der Waals surface area contributed by atoms with Crippen molar-refractivity contribution in [2.75, 3.05) is 36.9 Å². The van der Waals surface area contributed by atoms with Crippen LogP contribution in [0.15, 0.2) is 36.4 Å². The molecular weight excluding hydrogens is 435 g/mol. The number of aryl methyl sites for hydroxylation is 2. The second-order valence-electron chi connectivity index (χ2n) is 7.84. The number of carbonyl (C=O) groups excluding carboxylic acids is 2. The highest BCUT2D eigenvalue weighted by Crippen LogP contribution is 2.35. The zero-order valence-corrected chi connectivity index (χ0v) is 18.5. The second-order valence-corrected chi connectivity index (χ2v) is 7.84. The van der Waals surface area contributed by atoms with Gasteiger partial charge in [0.05, 0.1) is 17.2 Å². The number of amides is 3. The summed E-state index contributed by atoms with van der Waals surface area (Å²) in [7, 11) is 1.43. The van der Waals surface area contributed by atoms with Crippen molar-refractivity contribution in [3.05, 3.63) is 58.7 Å². The fourth-order valence-corrected chi connectivity index (χ4v) is 3.73. The van der Waals surface area contributed by atoms with Crippen LogP contribution in [0.3, 0.4) is 0 Å². The first kappa shape index (κ1) is 23.9. The Morgan fingerprint density at radius 3 is 2.42 bits per heavy atom. The average Bonchev–Trinajstić information content (AvgIpc) is 2.79. The van der Waals surface area contributed by atoms with Crippen molar-refractivity contribution in [2.24, 2.45) is 0 Å². The van der Waals surface area contributed by atoms with Crippen LogP contribution in [0, 0.1) is 25.2 Å². The number of nitriles is 1. The smallest absolute Gasteiger partial charge is 0.367 e. The molecule has 3 rings (SSSR count). The van der Waals surface area contributed by atoms with Gasteiger partial charge in [-0.05, 0) is 55.3 Å². The molecule has 0 aromatic heterocycles. The molecule has 2 aromatic carbocycles. The lowest BCUT2D eigenvalue weighted by atomic mass is 10.0. The molecule has 33 heavy (non-hydrogen) atoms. The number of nitrogens with one attached hydrogen (secondary N) is 2. The Labute approximate surface area is 189 Å². The highest BCUT2D eigenvalue weighted by molar-refractivity contribution is 5.94. The number of rotatable bonds is 3. The molecule has 1 heterocycles. The van der Waals surface area contributed by atoms with Crippen molar-refractivity contribution in [3.63, 3.8) is 0 Å². The highest BCUT2D eigenvalue weighted by Gasteiger charge is 2.37. The van der Waals surface area contributed by atoms with Crippen LogP contribution in [0.2, 0.25) is 0 Å². The normalized spacial score (nSPS) is 16.2. The van der Waals surface area contributed by atoms with Gasteiger partial charge < -0.3 is 20.4 Å². The van der Waals surface area contributed by atoms with Crippen LogP contribution in [0.5, 0.6) is 0 Å². The first-order valence-corrected chi connectivity index (χ1v) is 10.3. The van der Waals surface area contributed by atoms with Gasteiger partial charge in [0, 0.05) is 38.1 Å². The van der Waals surface area contributed by atoms with Crippen LogP contribution in [-0.2, 0) is 11.0 Å². The third-order valence-electron chi connectivity index (χ3n) is 5.74. The number of hydrogen-bond donors (Lipinski definition) is 2.